The zero-order valence-electron chi connectivity index (χ0n) is 45.8. The number of allylic oxidation sites excluding steroid dienone is 16. The Bertz CT molecular complexity index is 1400. The number of hydrogen-bond acceptors (Lipinski definition) is 6. The fourth-order valence-electron chi connectivity index (χ4n) is 7.95. The van der Waals surface area contributed by atoms with Gasteiger partial charge in [-0.2, -0.15) is 0 Å². The number of esters is 3. The molecule has 0 fully saturated rings. The highest BCUT2D eigenvalue weighted by molar-refractivity contribution is 5.71. The van der Waals surface area contributed by atoms with Crippen LogP contribution in [0.15, 0.2) is 97.2 Å². The zero-order valence-corrected chi connectivity index (χ0v) is 45.8. The van der Waals surface area contributed by atoms with Gasteiger partial charge in [0.1, 0.15) is 13.2 Å². The first kappa shape index (κ1) is 66.3. The molecule has 0 heterocycles. The Morgan fingerprint density at radius 2 is 0.557 bits per heavy atom. The number of unbranched alkanes of at least 4 members (excludes halogenated alkanes) is 25. The minimum Gasteiger partial charge on any atom is -0.462 e. The first-order valence-corrected chi connectivity index (χ1v) is 29.2. The van der Waals surface area contributed by atoms with Crippen molar-refractivity contribution < 1.29 is 28.6 Å². The van der Waals surface area contributed by atoms with Gasteiger partial charge in [-0.25, -0.2) is 0 Å². The van der Waals surface area contributed by atoms with Crippen LogP contribution in [0, 0.1) is 0 Å². The molecule has 0 saturated carbocycles. The fraction of sp³-hybridized carbons (Fsp3) is 0.703. The van der Waals surface area contributed by atoms with Crippen LogP contribution >= 0.6 is 0 Å². The van der Waals surface area contributed by atoms with Gasteiger partial charge < -0.3 is 14.2 Å². The third-order valence-electron chi connectivity index (χ3n) is 12.3. The van der Waals surface area contributed by atoms with E-state index in [-0.39, 0.29) is 31.1 Å². The Morgan fingerprint density at radius 3 is 0.900 bits per heavy atom. The lowest BCUT2D eigenvalue weighted by Crippen LogP contribution is -2.30. The number of ether oxygens (including phenoxy) is 3. The molecule has 0 bridgehead atoms. The maximum absolute atomic E-state index is 12.8. The molecule has 70 heavy (non-hydrogen) atoms. The molecule has 6 nitrogen and oxygen atoms in total. The van der Waals surface area contributed by atoms with Gasteiger partial charge in [-0.15, -0.1) is 0 Å². The van der Waals surface area contributed by atoms with Crippen LogP contribution in [0.3, 0.4) is 0 Å². The highest BCUT2D eigenvalue weighted by atomic mass is 16.6. The van der Waals surface area contributed by atoms with Crippen molar-refractivity contribution in [2.75, 3.05) is 13.2 Å². The Morgan fingerprint density at radius 1 is 0.300 bits per heavy atom. The highest BCUT2D eigenvalue weighted by Crippen LogP contribution is 2.15. The van der Waals surface area contributed by atoms with Gasteiger partial charge >= 0.3 is 17.9 Å². The topological polar surface area (TPSA) is 78.9 Å². The number of carbonyl (C=O) groups is 3. The molecule has 0 rings (SSSR count). The van der Waals surface area contributed by atoms with Crippen LogP contribution in [0.25, 0.3) is 0 Å². The molecule has 0 spiro atoms. The van der Waals surface area contributed by atoms with Gasteiger partial charge in [-0.3, -0.25) is 14.4 Å². The smallest absolute Gasteiger partial charge is 0.306 e. The SMILES string of the molecule is CC/C=C\C/C=C\C/C=C\C/C=C\C/C=C\CCCCCCCCCCCCCC(=O)OCC(COC(=O)CCCCCCCC)OC(=O)CCCCCCCC/C=C\C/C=C\C/C=C\CCCCC. The van der Waals surface area contributed by atoms with Crippen molar-refractivity contribution in [3.05, 3.63) is 97.2 Å². The second-order valence-corrected chi connectivity index (χ2v) is 19.2. The van der Waals surface area contributed by atoms with Gasteiger partial charge in [-0.05, 0) is 103 Å². The third kappa shape index (κ3) is 55.3. The molecule has 0 amide bonds. The van der Waals surface area contributed by atoms with Crippen molar-refractivity contribution in [2.24, 2.45) is 0 Å². The van der Waals surface area contributed by atoms with Crippen LogP contribution in [0.1, 0.15) is 271 Å². The first-order chi connectivity index (χ1) is 34.5. The van der Waals surface area contributed by atoms with E-state index in [0.717, 1.165) is 116 Å². The lowest BCUT2D eigenvalue weighted by atomic mass is 10.0. The third-order valence-corrected chi connectivity index (χ3v) is 12.3. The van der Waals surface area contributed by atoms with Crippen LogP contribution in [-0.4, -0.2) is 37.2 Å². The van der Waals surface area contributed by atoms with Gasteiger partial charge in [0.2, 0.25) is 0 Å². The molecule has 0 saturated heterocycles. The summed E-state index contributed by atoms with van der Waals surface area (Å²) in [4.78, 5) is 37.9. The van der Waals surface area contributed by atoms with E-state index >= 15 is 0 Å². The van der Waals surface area contributed by atoms with Crippen molar-refractivity contribution >= 4 is 17.9 Å². The predicted molar refractivity (Wildman–Crippen MR) is 302 cm³/mol. The van der Waals surface area contributed by atoms with Crippen LogP contribution in [-0.2, 0) is 28.6 Å². The minimum atomic E-state index is -0.783. The van der Waals surface area contributed by atoms with E-state index in [1.807, 2.05) is 0 Å². The quantitative estimate of drug-likeness (QED) is 0.0262. The lowest BCUT2D eigenvalue weighted by Gasteiger charge is -2.18. The largest absolute Gasteiger partial charge is 0.462 e. The highest BCUT2D eigenvalue weighted by Gasteiger charge is 2.19. The summed E-state index contributed by atoms with van der Waals surface area (Å²) in [6.07, 6.45) is 77.1. The lowest BCUT2D eigenvalue weighted by molar-refractivity contribution is -0.167. The van der Waals surface area contributed by atoms with E-state index in [9.17, 15) is 14.4 Å². The van der Waals surface area contributed by atoms with Crippen LogP contribution in [0.5, 0.6) is 0 Å². The molecule has 1 unspecified atom stereocenters. The Balaban J connectivity index is 4.15. The van der Waals surface area contributed by atoms with Gasteiger partial charge in [0, 0.05) is 19.3 Å². The zero-order chi connectivity index (χ0) is 50.7. The molecule has 6 heteroatoms. The maximum atomic E-state index is 12.8. The average Bonchev–Trinajstić information content (AvgIpc) is 3.36. The first-order valence-electron chi connectivity index (χ1n) is 29.2. The van der Waals surface area contributed by atoms with Crippen LogP contribution in [0.2, 0.25) is 0 Å². The van der Waals surface area contributed by atoms with Gasteiger partial charge in [0.25, 0.3) is 0 Å². The van der Waals surface area contributed by atoms with Crippen LogP contribution in [0.4, 0.5) is 0 Å². The van der Waals surface area contributed by atoms with E-state index in [1.165, 1.54) is 116 Å². The number of hydrogen-bond donors (Lipinski definition) is 0. The van der Waals surface area contributed by atoms with E-state index in [0.29, 0.717) is 19.3 Å². The van der Waals surface area contributed by atoms with Crippen molar-refractivity contribution in [1.82, 2.24) is 0 Å². The molecule has 0 N–H and O–H groups in total. The number of rotatable bonds is 52. The van der Waals surface area contributed by atoms with Crippen molar-refractivity contribution in [3.63, 3.8) is 0 Å². The molecule has 0 aliphatic carbocycles. The van der Waals surface area contributed by atoms with Gasteiger partial charge in [0.05, 0.1) is 0 Å². The summed E-state index contributed by atoms with van der Waals surface area (Å²) in [7, 11) is 0. The molecule has 0 aliphatic rings. The molecule has 0 radical (unpaired) electrons. The minimum absolute atomic E-state index is 0.0833. The second kappa shape index (κ2) is 57.9. The summed E-state index contributed by atoms with van der Waals surface area (Å²) >= 11 is 0. The number of carbonyl (C=O) groups excluding carboxylic acids is 3. The average molecular weight is 974 g/mol. The standard InChI is InChI=1S/C64H108O6/c1-4-7-10-13-16-18-20-22-24-26-28-29-30-31-32-33-34-35-37-38-40-42-44-46-48-51-54-57-63(66)69-60-61(59-68-62(65)56-53-50-15-12-9-6-3)70-64(67)58-55-52-49-47-45-43-41-39-36-27-25-23-21-19-17-14-11-8-5-2/h7,10,16-19,22-25,28-29,31-32,36,39,61H,4-6,8-9,11-15,20-21,26-27,30,33-35,37-38,40-60H2,1-3H3/b10-7-,18-16-,19-17-,24-22-,25-23-,29-28-,32-31-,39-36-. The summed E-state index contributed by atoms with van der Waals surface area (Å²) in [5.41, 5.74) is 0. The van der Waals surface area contributed by atoms with E-state index in [1.54, 1.807) is 0 Å². The van der Waals surface area contributed by atoms with Gasteiger partial charge in [-0.1, -0.05) is 246 Å². The monoisotopic (exact) mass is 973 g/mol. The molecular weight excluding hydrogens is 865 g/mol. The van der Waals surface area contributed by atoms with Crippen LogP contribution < -0.4 is 0 Å². The summed E-state index contributed by atoms with van der Waals surface area (Å²) < 4.78 is 16.8. The fourth-order valence-corrected chi connectivity index (χ4v) is 7.95. The summed E-state index contributed by atoms with van der Waals surface area (Å²) in [6.45, 7) is 6.43. The molecule has 0 aliphatic heterocycles. The molecule has 0 aromatic rings. The Kier molecular flexibility index (Phi) is 54.9. The van der Waals surface area contributed by atoms with Gasteiger partial charge in [0.15, 0.2) is 6.10 Å². The van der Waals surface area contributed by atoms with E-state index < -0.39 is 6.10 Å². The summed E-state index contributed by atoms with van der Waals surface area (Å²) in [5, 5.41) is 0. The summed E-state index contributed by atoms with van der Waals surface area (Å²) in [6, 6.07) is 0. The Hall–Kier alpha value is -3.67. The molecular formula is C64H108O6. The molecule has 400 valence electrons. The van der Waals surface area contributed by atoms with Crippen molar-refractivity contribution in [1.29, 1.82) is 0 Å². The van der Waals surface area contributed by atoms with E-state index in [2.05, 4.69) is 118 Å². The molecule has 0 aromatic carbocycles. The summed E-state index contributed by atoms with van der Waals surface area (Å²) in [5.74, 6) is -0.906. The predicted octanol–water partition coefficient (Wildman–Crippen LogP) is 19.7. The van der Waals surface area contributed by atoms with Crippen molar-refractivity contribution in [3.8, 4) is 0 Å². The molecule has 0 aromatic heterocycles. The second-order valence-electron chi connectivity index (χ2n) is 19.2. The van der Waals surface area contributed by atoms with Crippen molar-refractivity contribution in [2.45, 2.75) is 277 Å². The molecule has 1 atom stereocenters. The Labute approximate surface area is 432 Å². The van der Waals surface area contributed by atoms with E-state index in [4.69, 9.17) is 14.2 Å². The normalized spacial score (nSPS) is 12.8. The maximum Gasteiger partial charge on any atom is 0.306 e.